The van der Waals surface area contributed by atoms with E-state index in [2.05, 4.69) is 11.4 Å². The van der Waals surface area contributed by atoms with Crippen LogP contribution >= 0.6 is 11.6 Å². The molecule has 4 aliphatic heterocycles. The number of primary amides is 2. The van der Waals surface area contributed by atoms with Crippen LogP contribution in [0.15, 0.2) is 52.7 Å². The molecule has 2 aromatic rings. The Kier molecular flexibility index (Phi) is 10.8. The van der Waals surface area contributed by atoms with Crippen molar-refractivity contribution in [2.75, 3.05) is 5.32 Å². The molecule has 13 heteroatoms. The molecule has 4 heterocycles. The minimum absolute atomic E-state index is 0.418. The molecule has 8 rings (SSSR count). The summed E-state index contributed by atoms with van der Waals surface area (Å²) in [5.74, 6) is -1.38. The van der Waals surface area contributed by atoms with Crippen LogP contribution in [0.2, 0.25) is 5.02 Å². The predicted octanol–water partition coefficient (Wildman–Crippen LogP) is 4.11. The lowest BCUT2D eigenvalue weighted by molar-refractivity contribution is -0.120. The van der Waals surface area contributed by atoms with Gasteiger partial charge in [-0.15, -0.1) is 0 Å². The summed E-state index contributed by atoms with van der Waals surface area (Å²) in [4.78, 5) is 29.3. The van der Waals surface area contributed by atoms with Crippen LogP contribution in [0.4, 0.5) is 11.4 Å². The Morgan fingerprint density at radius 2 is 1.48 bits per heavy atom. The highest BCUT2D eigenvalue weighted by Crippen LogP contribution is 2.56. The van der Waals surface area contributed by atoms with E-state index in [0.29, 0.717) is 48.4 Å². The van der Waals surface area contributed by atoms with Crippen LogP contribution in [0, 0.1) is 12.8 Å². The fourth-order valence-corrected chi connectivity index (χ4v) is 10.4. The number of carbonyl (C=O) groups is 2. The second-order valence-corrected chi connectivity index (χ2v) is 16.3. The minimum Gasteiger partial charge on any atom is -0.388 e. The number of carbonyl (C=O) groups excluding carboxylic acids is 2. The zero-order chi connectivity index (χ0) is 38.7. The average Bonchev–Trinajstić information content (AvgIpc) is 3.72. The third-order valence-electron chi connectivity index (χ3n) is 12.8. The van der Waals surface area contributed by atoms with Crippen molar-refractivity contribution in [1.29, 1.82) is 0 Å². The van der Waals surface area contributed by atoms with Crippen molar-refractivity contribution in [2.24, 2.45) is 22.4 Å². The first kappa shape index (κ1) is 38.9. The van der Waals surface area contributed by atoms with E-state index < -0.39 is 77.4 Å². The smallest absolute Gasteiger partial charge is 0.246 e. The largest absolute Gasteiger partial charge is 0.388 e. The first-order valence-electron chi connectivity index (χ1n) is 19.4. The molecule has 2 aromatic carbocycles. The maximum Gasteiger partial charge on any atom is 0.246 e. The Bertz CT molecular complexity index is 1870. The highest BCUT2D eigenvalue weighted by molar-refractivity contribution is 6.31. The van der Waals surface area contributed by atoms with Crippen molar-refractivity contribution in [2.45, 2.75) is 145 Å². The lowest BCUT2D eigenvalue weighted by Crippen LogP contribution is -2.53. The molecule has 11 unspecified atom stereocenters. The number of benzene rings is 2. The molecule has 0 radical (unpaired) electrons. The van der Waals surface area contributed by atoms with E-state index in [1.807, 2.05) is 45.0 Å². The summed E-state index contributed by atoms with van der Waals surface area (Å²) >= 11 is 6.29. The number of anilines is 1. The van der Waals surface area contributed by atoms with Crippen LogP contribution in [-0.2, 0) is 29.9 Å². The van der Waals surface area contributed by atoms with Crippen molar-refractivity contribution in [3.05, 3.63) is 69.4 Å². The summed E-state index contributed by atoms with van der Waals surface area (Å²) in [7, 11) is 0. The Morgan fingerprint density at radius 3 is 2.09 bits per heavy atom. The second-order valence-electron chi connectivity index (χ2n) is 15.9. The molecular formula is C41H53ClN4O8. The van der Waals surface area contributed by atoms with E-state index in [4.69, 9.17) is 37.5 Å². The van der Waals surface area contributed by atoms with Gasteiger partial charge in [0.25, 0.3) is 0 Å². The Hall–Kier alpha value is -3.36. The van der Waals surface area contributed by atoms with Crippen LogP contribution in [0.5, 0.6) is 0 Å². The third-order valence-corrected chi connectivity index (χ3v) is 13.1. The lowest BCUT2D eigenvalue weighted by atomic mass is 9.66. The van der Waals surface area contributed by atoms with Crippen LogP contribution in [0.3, 0.4) is 0 Å². The topological polar surface area (TPSA) is 210 Å². The highest BCUT2D eigenvalue weighted by atomic mass is 35.5. The number of fused-ring (bicyclic) bond motifs is 6. The minimum atomic E-state index is -1.07. The number of rotatable bonds is 6. The number of nitrogens with one attached hydrogen (secondary N) is 1. The van der Waals surface area contributed by atoms with E-state index in [1.54, 1.807) is 6.07 Å². The number of nitrogens with zero attached hydrogens (tertiary/aromatic N) is 1. The number of hydrogen-bond donors (Lipinski definition) is 7. The summed E-state index contributed by atoms with van der Waals surface area (Å²) in [5.41, 5.74) is 16.6. The predicted molar refractivity (Wildman–Crippen MR) is 204 cm³/mol. The molecule has 0 spiro atoms. The van der Waals surface area contributed by atoms with Gasteiger partial charge in [-0.25, -0.2) is 0 Å². The number of aliphatic hydroxyl groups excluding tert-OH is 4. The first-order valence-corrected chi connectivity index (χ1v) is 19.8. The van der Waals surface area contributed by atoms with Gasteiger partial charge in [0, 0.05) is 27.7 Å². The van der Waals surface area contributed by atoms with E-state index in [9.17, 15) is 30.0 Å². The number of ether oxygens (including phenoxy) is 2. The Morgan fingerprint density at radius 1 is 0.852 bits per heavy atom. The molecule has 0 bridgehead atoms. The van der Waals surface area contributed by atoms with Gasteiger partial charge in [-0.2, -0.15) is 0 Å². The molecule has 6 aliphatic rings. The van der Waals surface area contributed by atoms with Gasteiger partial charge in [0.15, 0.2) is 0 Å². The molecule has 9 N–H and O–H groups in total. The Labute approximate surface area is 321 Å². The van der Waals surface area contributed by atoms with Crippen LogP contribution in [0.25, 0.3) is 0 Å². The third kappa shape index (κ3) is 6.09. The van der Waals surface area contributed by atoms with E-state index in [1.165, 1.54) is 0 Å². The monoisotopic (exact) mass is 764 g/mol. The number of halogens is 1. The second kappa shape index (κ2) is 14.9. The molecule has 2 saturated heterocycles. The van der Waals surface area contributed by atoms with Gasteiger partial charge in [-0.3, -0.25) is 14.6 Å². The standard InChI is InChI=1S/C21H28N2O4.C20H25ClN2O4/c1-3-15-16(24)17(25)19(27-15)21-9-5-4-6-12(20(22)26)18(21)23-14-8-7-11(2)10-13(14)21;1-2-14-15(24)16(25)18(27-14)20-8-4-3-5-11(19(22)26)17(20)23-13-7-6-10(21)9-12(13)20/h7-8,10,15-17,19,23-25H,3-6,9H2,1-2H3,(H2,22,26);6-7,9,11,14-16,18,24-25H,2-5,8H2,1H3,(H2,22,26). The van der Waals surface area contributed by atoms with Gasteiger partial charge in [0.2, 0.25) is 11.8 Å². The molecule has 54 heavy (non-hydrogen) atoms. The van der Waals surface area contributed by atoms with Crippen LogP contribution in [0.1, 0.15) is 94.7 Å². The zero-order valence-corrected chi connectivity index (χ0v) is 31.9. The lowest BCUT2D eigenvalue weighted by Gasteiger charge is -2.39. The number of aliphatic hydroxyl groups is 4. The maximum absolute atomic E-state index is 12.3. The molecule has 292 valence electrons. The summed E-state index contributed by atoms with van der Waals surface area (Å²) in [5, 5.41) is 46.8. The fourth-order valence-electron chi connectivity index (χ4n) is 10.2. The van der Waals surface area contributed by atoms with Crippen molar-refractivity contribution in [3.8, 4) is 0 Å². The number of hydrogen-bond acceptors (Lipinski definition) is 10. The van der Waals surface area contributed by atoms with Crippen molar-refractivity contribution in [1.82, 2.24) is 0 Å². The fraction of sp³-hybridized carbons (Fsp3) is 0.585. The summed E-state index contributed by atoms with van der Waals surface area (Å²) in [6.45, 7) is 5.87. The molecule has 1 saturated carbocycles. The zero-order valence-electron chi connectivity index (χ0n) is 31.1. The molecule has 2 amide bonds. The van der Waals surface area contributed by atoms with Crippen LogP contribution in [-0.4, -0.2) is 86.8 Å². The normalized spacial score (nSPS) is 36.7. The van der Waals surface area contributed by atoms with E-state index in [-0.39, 0.29) is 0 Å². The molecule has 3 fully saturated rings. The summed E-state index contributed by atoms with van der Waals surface area (Å²) in [6, 6.07) is 11.6. The summed E-state index contributed by atoms with van der Waals surface area (Å²) in [6.07, 6.45) is 1.02. The van der Waals surface area contributed by atoms with Crippen molar-refractivity contribution >= 4 is 40.5 Å². The van der Waals surface area contributed by atoms with Gasteiger partial charge in [0.05, 0.1) is 34.6 Å². The average molecular weight is 765 g/mol. The van der Waals surface area contributed by atoms with Crippen molar-refractivity contribution < 1.29 is 39.5 Å². The summed E-state index contributed by atoms with van der Waals surface area (Å²) < 4.78 is 12.4. The number of aryl methyl sites for hydroxylation is 1. The van der Waals surface area contributed by atoms with Gasteiger partial charge in [0.1, 0.15) is 36.6 Å². The Balaban J connectivity index is 0.000000167. The molecule has 12 nitrogen and oxygen atoms in total. The number of nitrogens with two attached hydrogens (primary N) is 2. The van der Waals surface area contributed by atoms with Crippen LogP contribution < -0.4 is 16.8 Å². The SMILES string of the molecule is CCC1OC(C23CCCCC(C(N)=O)=C2Nc2ccc(C)cc23)C(O)C1O.CCC1OC(C23CCCCC(C(N)=O)C2=Nc2ccc(Cl)cc23)C(O)C1O. The quantitative estimate of drug-likeness (QED) is 0.225. The van der Waals surface area contributed by atoms with E-state index in [0.717, 1.165) is 65.9 Å². The molecule has 0 aromatic heterocycles. The van der Waals surface area contributed by atoms with Crippen molar-refractivity contribution in [3.63, 3.8) is 0 Å². The number of amides is 2. The molecular weight excluding hydrogens is 712 g/mol. The first-order chi connectivity index (χ1) is 25.8. The van der Waals surface area contributed by atoms with E-state index >= 15 is 0 Å². The van der Waals surface area contributed by atoms with Gasteiger partial charge in [-0.1, -0.05) is 62.4 Å². The molecule has 11 atom stereocenters. The van der Waals surface area contributed by atoms with Gasteiger partial charge < -0.3 is 46.7 Å². The molecule has 2 aliphatic carbocycles. The number of aliphatic imine (C=N–C) groups is 1. The highest BCUT2D eigenvalue weighted by Gasteiger charge is 2.61. The van der Waals surface area contributed by atoms with Gasteiger partial charge >= 0.3 is 0 Å². The maximum atomic E-state index is 12.3. The van der Waals surface area contributed by atoms with Gasteiger partial charge in [-0.05, 0) is 87.3 Å².